The Labute approximate surface area is 148 Å². The van der Waals surface area contributed by atoms with E-state index in [4.69, 9.17) is 14.2 Å². The number of anilines is 1. The Morgan fingerprint density at radius 3 is 2.56 bits per heavy atom. The predicted molar refractivity (Wildman–Crippen MR) is 98.5 cm³/mol. The SMILES string of the molecule is CCOc1ccccc1NC(=O)c1ccc(OC)c(COC(C)C)c1. The molecule has 2 rings (SSSR count). The normalized spacial score (nSPS) is 10.6. The van der Waals surface area contributed by atoms with Crippen LogP contribution in [0.15, 0.2) is 42.5 Å². The Morgan fingerprint density at radius 2 is 1.88 bits per heavy atom. The Bertz CT molecular complexity index is 713. The number of nitrogens with one attached hydrogen (secondary N) is 1. The topological polar surface area (TPSA) is 56.8 Å². The van der Waals surface area contributed by atoms with Gasteiger partial charge in [-0.25, -0.2) is 0 Å². The number of methoxy groups -OCH3 is 1. The minimum absolute atomic E-state index is 0.0975. The van der Waals surface area contributed by atoms with Crippen molar-refractivity contribution in [1.29, 1.82) is 0 Å². The lowest BCUT2D eigenvalue weighted by Gasteiger charge is -2.14. The second-order valence-electron chi connectivity index (χ2n) is 5.77. The summed E-state index contributed by atoms with van der Waals surface area (Å²) in [5.74, 6) is 1.14. The zero-order valence-electron chi connectivity index (χ0n) is 15.2. The number of carbonyl (C=O) groups excluding carboxylic acids is 1. The number of ether oxygens (including phenoxy) is 3. The largest absolute Gasteiger partial charge is 0.496 e. The van der Waals surface area contributed by atoms with E-state index in [0.29, 0.717) is 36.0 Å². The second kappa shape index (κ2) is 9.08. The summed E-state index contributed by atoms with van der Waals surface area (Å²) in [6, 6.07) is 12.7. The fourth-order valence-corrected chi connectivity index (χ4v) is 2.33. The van der Waals surface area contributed by atoms with E-state index in [9.17, 15) is 4.79 Å². The van der Waals surface area contributed by atoms with Gasteiger partial charge in [0.1, 0.15) is 11.5 Å². The molecule has 1 N–H and O–H groups in total. The Hall–Kier alpha value is -2.53. The van der Waals surface area contributed by atoms with Gasteiger partial charge in [0.15, 0.2) is 0 Å². The zero-order valence-corrected chi connectivity index (χ0v) is 15.2. The van der Waals surface area contributed by atoms with Gasteiger partial charge in [0.25, 0.3) is 5.91 Å². The van der Waals surface area contributed by atoms with Crippen molar-refractivity contribution in [2.24, 2.45) is 0 Å². The molecule has 0 saturated heterocycles. The summed E-state index contributed by atoms with van der Waals surface area (Å²) in [5.41, 5.74) is 2.02. The maximum Gasteiger partial charge on any atom is 0.255 e. The van der Waals surface area contributed by atoms with Gasteiger partial charge in [-0.05, 0) is 51.1 Å². The molecule has 0 saturated carbocycles. The van der Waals surface area contributed by atoms with Crippen molar-refractivity contribution in [3.8, 4) is 11.5 Å². The van der Waals surface area contributed by atoms with E-state index in [2.05, 4.69) is 5.32 Å². The highest BCUT2D eigenvalue weighted by atomic mass is 16.5. The van der Waals surface area contributed by atoms with Crippen LogP contribution in [0.3, 0.4) is 0 Å². The molecular formula is C20H25NO4. The van der Waals surface area contributed by atoms with Crippen LogP contribution in [0, 0.1) is 0 Å². The van der Waals surface area contributed by atoms with E-state index in [-0.39, 0.29) is 12.0 Å². The molecule has 2 aromatic rings. The van der Waals surface area contributed by atoms with E-state index in [1.165, 1.54) is 0 Å². The fourth-order valence-electron chi connectivity index (χ4n) is 2.33. The monoisotopic (exact) mass is 343 g/mol. The van der Waals surface area contributed by atoms with Crippen LogP contribution in [0.4, 0.5) is 5.69 Å². The first-order valence-corrected chi connectivity index (χ1v) is 8.36. The van der Waals surface area contributed by atoms with Crippen LogP contribution in [-0.2, 0) is 11.3 Å². The number of amides is 1. The molecule has 25 heavy (non-hydrogen) atoms. The first-order valence-electron chi connectivity index (χ1n) is 8.36. The smallest absolute Gasteiger partial charge is 0.255 e. The number of hydrogen-bond acceptors (Lipinski definition) is 4. The molecule has 0 fully saturated rings. The van der Waals surface area contributed by atoms with E-state index >= 15 is 0 Å². The quantitative estimate of drug-likeness (QED) is 0.777. The van der Waals surface area contributed by atoms with Gasteiger partial charge in [-0.3, -0.25) is 4.79 Å². The summed E-state index contributed by atoms with van der Waals surface area (Å²) >= 11 is 0. The highest BCUT2D eigenvalue weighted by molar-refractivity contribution is 6.05. The first-order chi connectivity index (χ1) is 12.0. The molecule has 0 aromatic heterocycles. The van der Waals surface area contributed by atoms with Crippen LogP contribution >= 0.6 is 0 Å². The number of rotatable bonds is 8. The minimum atomic E-state index is -0.208. The summed E-state index contributed by atoms with van der Waals surface area (Å²) in [4.78, 5) is 12.6. The minimum Gasteiger partial charge on any atom is -0.496 e. The number of carbonyl (C=O) groups is 1. The Kier molecular flexibility index (Phi) is 6.83. The third-order valence-corrected chi connectivity index (χ3v) is 3.55. The molecule has 0 spiro atoms. The second-order valence-corrected chi connectivity index (χ2v) is 5.77. The molecule has 1 amide bonds. The molecular weight excluding hydrogens is 318 g/mol. The number of benzene rings is 2. The summed E-state index contributed by atoms with van der Waals surface area (Å²) in [5, 5.41) is 2.90. The third-order valence-electron chi connectivity index (χ3n) is 3.55. The molecule has 0 aliphatic carbocycles. The predicted octanol–water partition coefficient (Wildman–Crippen LogP) is 4.27. The molecule has 0 bridgehead atoms. The van der Waals surface area contributed by atoms with Crippen molar-refractivity contribution in [3.05, 3.63) is 53.6 Å². The summed E-state index contributed by atoms with van der Waals surface area (Å²) < 4.78 is 16.5. The standard InChI is InChI=1S/C20H25NO4/c1-5-24-19-9-7-6-8-17(19)21-20(22)15-10-11-18(23-4)16(12-15)13-25-14(2)3/h6-12,14H,5,13H2,1-4H3,(H,21,22). The molecule has 2 aromatic carbocycles. The van der Waals surface area contributed by atoms with Gasteiger partial charge in [0.05, 0.1) is 32.1 Å². The van der Waals surface area contributed by atoms with Gasteiger partial charge in [0, 0.05) is 11.1 Å². The van der Waals surface area contributed by atoms with Crippen LogP contribution in [0.1, 0.15) is 36.7 Å². The van der Waals surface area contributed by atoms with Crippen LogP contribution < -0.4 is 14.8 Å². The Balaban J connectivity index is 2.20. The van der Waals surface area contributed by atoms with Crippen molar-refractivity contribution in [3.63, 3.8) is 0 Å². The van der Waals surface area contributed by atoms with Gasteiger partial charge in [-0.1, -0.05) is 12.1 Å². The lowest BCUT2D eigenvalue weighted by Crippen LogP contribution is -2.14. The highest BCUT2D eigenvalue weighted by Gasteiger charge is 2.13. The van der Waals surface area contributed by atoms with E-state index in [1.807, 2.05) is 45.0 Å². The first kappa shape index (κ1) is 18.8. The summed E-state index contributed by atoms with van der Waals surface area (Å²) in [6.07, 6.45) is 0.0975. The van der Waals surface area contributed by atoms with Crippen molar-refractivity contribution >= 4 is 11.6 Å². The number of hydrogen-bond donors (Lipinski definition) is 1. The average molecular weight is 343 g/mol. The van der Waals surface area contributed by atoms with Crippen molar-refractivity contribution < 1.29 is 19.0 Å². The van der Waals surface area contributed by atoms with E-state index in [0.717, 1.165) is 5.56 Å². The molecule has 0 heterocycles. The summed E-state index contributed by atoms with van der Waals surface area (Å²) in [6.45, 7) is 6.76. The van der Waals surface area contributed by atoms with Gasteiger partial charge in [-0.2, -0.15) is 0 Å². The number of para-hydroxylation sites is 2. The van der Waals surface area contributed by atoms with E-state index < -0.39 is 0 Å². The summed E-state index contributed by atoms with van der Waals surface area (Å²) in [7, 11) is 1.60. The van der Waals surface area contributed by atoms with Crippen molar-refractivity contribution in [2.75, 3.05) is 19.0 Å². The molecule has 0 aliphatic rings. The third kappa shape index (κ3) is 5.22. The van der Waals surface area contributed by atoms with E-state index in [1.54, 1.807) is 25.3 Å². The molecule has 5 nitrogen and oxygen atoms in total. The lowest BCUT2D eigenvalue weighted by molar-refractivity contribution is 0.0644. The fraction of sp³-hybridized carbons (Fsp3) is 0.350. The lowest BCUT2D eigenvalue weighted by atomic mass is 10.1. The molecule has 0 aliphatic heterocycles. The molecule has 5 heteroatoms. The van der Waals surface area contributed by atoms with Crippen LogP contribution in [-0.4, -0.2) is 25.7 Å². The Morgan fingerprint density at radius 1 is 1.12 bits per heavy atom. The average Bonchev–Trinajstić information content (AvgIpc) is 2.61. The van der Waals surface area contributed by atoms with Gasteiger partial charge < -0.3 is 19.5 Å². The van der Waals surface area contributed by atoms with Gasteiger partial charge in [-0.15, -0.1) is 0 Å². The maximum absolute atomic E-state index is 12.6. The maximum atomic E-state index is 12.6. The van der Waals surface area contributed by atoms with Crippen LogP contribution in [0.25, 0.3) is 0 Å². The molecule has 134 valence electrons. The van der Waals surface area contributed by atoms with Crippen molar-refractivity contribution in [1.82, 2.24) is 0 Å². The molecule has 0 unspecified atom stereocenters. The van der Waals surface area contributed by atoms with Crippen LogP contribution in [0.2, 0.25) is 0 Å². The van der Waals surface area contributed by atoms with Crippen molar-refractivity contribution in [2.45, 2.75) is 33.5 Å². The molecule has 0 atom stereocenters. The van der Waals surface area contributed by atoms with Gasteiger partial charge >= 0.3 is 0 Å². The van der Waals surface area contributed by atoms with Crippen LogP contribution in [0.5, 0.6) is 11.5 Å². The van der Waals surface area contributed by atoms with Gasteiger partial charge in [0.2, 0.25) is 0 Å². The molecule has 0 radical (unpaired) electrons. The highest BCUT2D eigenvalue weighted by Crippen LogP contribution is 2.26. The zero-order chi connectivity index (χ0) is 18.2.